The predicted octanol–water partition coefficient (Wildman–Crippen LogP) is 0.991. The number of ether oxygens (including phenoxy) is 1. The molecule has 0 saturated carbocycles. The van der Waals surface area contributed by atoms with Crippen LogP contribution in [0.15, 0.2) is 29.2 Å². The first kappa shape index (κ1) is 14.5. The SMILES string of the molecule is CC(NS(=O)(=O)c1cccc(CN)c1)C1CCCO1. The van der Waals surface area contributed by atoms with Gasteiger partial charge < -0.3 is 10.5 Å². The Morgan fingerprint density at radius 3 is 2.95 bits per heavy atom. The fourth-order valence-electron chi connectivity index (χ4n) is 2.23. The maximum absolute atomic E-state index is 12.3. The van der Waals surface area contributed by atoms with Gasteiger partial charge in [-0.25, -0.2) is 13.1 Å². The standard InChI is InChI=1S/C13H20N2O3S/c1-10(13-6-3-7-18-13)15-19(16,17)12-5-2-4-11(8-12)9-14/h2,4-5,8,10,13,15H,3,6-7,9,14H2,1H3. The van der Waals surface area contributed by atoms with Crippen LogP contribution in [0.3, 0.4) is 0 Å². The van der Waals surface area contributed by atoms with E-state index in [0.29, 0.717) is 13.2 Å². The van der Waals surface area contributed by atoms with Crippen molar-refractivity contribution in [3.8, 4) is 0 Å². The first-order valence-electron chi connectivity index (χ1n) is 6.46. The molecule has 1 aliphatic heterocycles. The van der Waals surface area contributed by atoms with Gasteiger partial charge in [-0.05, 0) is 37.5 Å². The lowest BCUT2D eigenvalue weighted by Gasteiger charge is -2.20. The number of nitrogens with one attached hydrogen (secondary N) is 1. The van der Waals surface area contributed by atoms with E-state index in [2.05, 4.69) is 4.72 Å². The van der Waals surface area contributed by atoms with Crippen LogP contribution in [-0.4, -0.2) is 27.2 Å². The molecule has 2 atom stereocenters. The van der Waals surface area contributed by atoms with Crippen molar-refractivity contribution in [2.45, 2.75) is 43.4 Å². The van der Waals surface area contributed by atoms with Crippen LogP contribution >= 0.6 is 0 Å². The molecule has 2 unspecified atom stereocenters. The van der Waals surface area contributed by atoms with Gasteiger partial charge in [0.05, 0.1) is 11.0 Å². The van der Waals surface area contributed by atoms with E-state index in [1.165, 1.54) is 0 Å². The third-order valence-corrected chi connectivity index (χ3v) is 4.86. The average molecular weight is 284 g/mol. The highest BCUT2D eigenvalue weighted by molar-refractivity contribution is 7.89. The zero-order chi connectivity index (χ0) is 13.9. The van der Waals surface area contributed by atoms with Crippen LogP contribution in [0.1, 0.15) is 25.3 Å². The van der Waals surface area contributed by atoms with E-state index in [4.69, 9.17) is 10.5 Å². The molecule has 5 nitrogen and oxygen atoms in total. The summed E-state index contributed by atoms with van der Waals surface area (Å²) in [5.74, 6) is 0. The van der Waals surface area contributed by atoms with Crippen molar-refractivity contribution in [1.29, 1.82) is 0 Å². The van der Waals surface area contributed by atoms with Crippen LogP contribution in [0.25, 0.3) is 0 Å². The predicted molar refractivity (Wildman–Crippen MR) is 73.1 cm³/mol. The van der Waals surface area contributed by atoms with Crippen molar-refractivity contribution in [2.75, 3.05) is 6.61 Å². The molecule has 106 valence electrons. The fraction of sp³-hybridized carbons (Fsp3) is 0.538. The first-order chi connectivity index (χ1) is 9.03. The fourth-order valence-corrected chi connectivity index (χ4v) is 3.57. The van der Waals surface area contributed by atoms with Gasteiger partial charge in [-0.1, -0.05) is 12.1 Å². The van der Waals surface area contributed by atoms with Gasteiger partial charge in [0.1, 0.15) is 0 Å². The van der Waals surface area contributed by atoms with Gasteiger partial charge in [0.25, 0.3) is 0 Å². The molecular weight excluding hydrogens is 264 g/mol. The second-order valence-electron chi connectivity index (χ2n) is 4.81. The Morgan fingerprint density at radius 1 is 1.53 bits per heavy atom. The molecule has 3 N–H and O–H groups in total. The van der Waals surface area contributed by atoms with Crippen molar-refractivity contribution >= 4 is 10.0 Å². The molecule has 0 radical (unpaired) electrons. The molecule has 19 heavy (non-hydrogen) atoms. The summed E-state index contributed by atoms with van der Waals surface area (Å²) in [6, 6.07) is 6.46. The van der Waals surface area contributed by atoms with E-state index in [1.807, 2.05) is 13.0 Å². The summed E-state index contributed by atoms with van der Waals surface area (Å²) in [4.78, 5) is 0.250. The lowest BCUT2D eigenvalue weighted by Crippen LogP contribution is -2.40. The third-order valence-electron chi connectivity index (χ3n) is 3.31. The number of hydrogen-bond donors (Lipinski definition) is 2. The smallest absolute Gasteiger partial charge is 0.240 e. The molecule has 1 aliphatic rings. The molecule has 0 aliphatic carbocycles. The molecule has 0 bridgehead atoms. The maximum atomic E-state index is 12.3. The van der Waals surface area contributed by atoms with Crippen LogP contribution in [-0.2, 0) is 21.3 Å². The van der Waals surface area contributed by atoms with Crippen LogP contribution in [0, 0.1) is 0 Å². The highest BCUT2D eigenvalue weighted by Gasteiger charge is 2.26. The van der Waals surface area contributed by atoms with Gasteiger partial charge in [-0.2, -0.15) is 0 Å². The summed E-state index contributed by atoms with van der Waals surface area (Å²) >= 11 is 0. The van der Waals surface area contributed by atoms with Gasteiger partial charge in [0, 0.05) is 19.2 Å². The Bertz CT molecular complexity index is 524. The number of rotatable bonds is 5. The summed E-state index contributed by atoms with van der Waals surface area (Å²) in [6.07, 6.45) is 1.85. The zero-order valence-corrected chi connectivity index (χ0v) is 11.8. The zero-order valence-electron chi connectivity index (χ0n) is 11.0. The minimum absolute atomic E-state index is 0.0348. The number of benzene rings is 1. The highest BCUT2D eigenvalue weighted by Crippen LogP contribution is 2.18. The van der Waals surface area contributed by atoms with E-state index in [0.717, 1.165) is 18.4 Å². The Balaban J connectivity index is 2.12. The number of hydrogen-bond acceptors (Lipinski definition) is 4. The summed E-state index contributed by atoms with van der Waals surface area (Å²) < 4.78 is 32.7. The van der Waals surface area contributed by atoms with Gasteiger partial charge in [-0.15, -0.1) is 0 Å². The van der Waals surface area contributed by atoms with E-state index in [1.54, 1.807) is 18.2 Å². The molecule has 0 aromatic heterocycles. The van der Waals surface area contributed by atoms with Crippen molar-refractivity contribution in [2.24, 2.45) is 5.73 Å². The number of nitrogens with two attached hydrogens (primary N) is 1. The molecule has 1 heterocycles. The van der Waals surface area contributed by atoms with Crippen LogP contribution < -0.4 is 10.5 Å². The second-order valence-corrected chi connectivity index (χ2v) is 6.53. The van der Waals surface area contributed by atoms with Gasteiger partial charge in [0.15, 0.2) is 0 Å². The lowest BCUT2D eigenvalue weighted by molar-refractivity contribution is 0.0902. The Labute approximate surface area is 114 Å². The largest absolute Gasteiger partial charge is 0.377 e. The quantitative estimate of drug-likeness (QED) is 0.845. The minimum Gasteiger partial charge on any atom is -0.377 e. The van der Waals surface area contributed by atoms with Crippen LogP contribution in [0.4, 0.5) is 0 Å². The molecular formula is C13H20N2O3S. The van der Waals surface area contributed by atoms with E-state index in [-0.39, 0.29) is 17.0 Å². The molecule has 1 saturated heterocycles. The molecule has 1 fully saturated rings. The first-order valence-corrected chi connectivity index (χ1v) is 7.94. The molecule has 1 aromatic carbocycles. The molecule has 2 rings (SSSR count). The van der Waals surface area contributed by atoms with Gasteiger partial charge in [0.2, 0.25) is 10.0 Å². The Morgan fingerprint density at radius 2 is 2.32 bits per heavy atom. The van der Waals surface area contributed by atoms with Gasteiger partial charge >= 0.3 is 0 Å². The highest BCUT2D eigenvalue weighted by atomic mass is 32.2. The topological polar surface area (TPSA) is 81.4 Å². The summed E-state index contributed by atoms with van der Waals surface area (Å²) in [5.41, 5.74) is 6.33. The van der Waals surface area contributed by atoms with Crippen LogP contribution in [0.2, 0.25) is 0 Å². The molecule has 0 amide bonds. The summed E-state index contributed by atoms with van der Waals surface area (Å²) in [7, 11) is -3.52. The summed E-state index contributed by atoms with van der Waals surface area (Å²) in [6.45, 7) is 2.87. The molecule has 6 heteroatoms. The Hall–Kier alpha value is -0.950. The van der Waals surface area contributed by atoms with Crippen molar-refractivity contribution in [1.82, 2.24) is 4.72 Å². The maximum Gasteiger partial charge on any atom is 0.240 e. The number of sulfonamides is 1. The monoisotopic (exact) mass is 284 g/mol. The summed E-state index contributed by atoms with van der Waals surface area (Å²) in [5, 5.41) is 0. The van der Waals surface area contributed by atoms with E-state index >= 15 is 0 Å². The third kappa shape index (κ3) is 3.54. The Kier molecular flexibility index (Phi) is 4.57. The second kappa shape index (κ2) is 6.00. The van der Waals surface area contributed by atoms with Crippen molar-refractivity contribution in [3.05, 3.63) is 29.8 Å². The molecule has 1 aromatic rings. The normalized spacial score (nSPS) is 21.5. The van der Waals surface area contributed by atoms with E-state index in [9.17, 15) is 8.42 Å². The van der Waals surface area contributed by atoms with Gasteiger partial charge in [-0.3, -0.25) is 0 Å². The lowest BCUT2D eigenvalue weighted by atomic mass is 10.1. The van der Waals surface area contributed by atoms with Crippen molar-refractivity contribution < 1.29 is 13.2 Å². The minimum atomic E-state index is -3.52. The van der Waals surface area contributed by atoms with Crippen molar-refractivity contribution in [3.63, 3.8) is 0 Å². The van der Waals surface area contributed by atoms with E-state index < -0.39 is 10.0 Å². The molecule has 0 spiro atoms. The average Bonchev–Trinajstić information content (AvgIpc) is 2.92. The van der Waals surface area contributed by atoms with Crippen LogP contribution in [0.5, 0.6) is 0 Å².